The lowest BCUT2D eigenvalue weighted by Gasteiger charge is -2.21. The first-order valence-electron chi connectivity index (χ1n) is 8.15. The molecule has 0 aliphatic rings. The van der Waals surface area contributed by atoms with Gasteiger partial charge in [-0.3, -0.25) is 0 Å². The summed E-state index contributed by atoms with van der Waals surface area (Å²) in [5.74, 6) is 0. The van der Waals surface area contributed by atoms with Crippen LogP contribution >= 0.6 is 0 Å². The smallest absolute Gasteiger partial charge is 0.0598 e. The molecule has 0 saturated heterocycles. The van der Waals surface area contributed by atoms with E-state index in [0.717, 1.165) is 13.0 Å². The van der Waals surface area contributed by atoms with Crippen LogP contribution in [0.15, 0.2) is 66.9 Å². The highest BCUT2D eigenvalue weighted by molar-refractivity contribution is 5.80. The second kappa shape index (κ2) is 8.40. The molecule has 1 N–H and O–H groups in total. The van der Waals surface area contributed by atoms with Gasteiger partial charge in [-0.25, -0.2) is 0 Å². The quantitative estimate of drug-likeness (QED) is 0.710. The van der Waals surface area contributed by atoms with Gasteiger partial charge in [0.2, 0.25) is 0 Å². The molecule has 0 amide bonds. The number of nitrogens with one attached hydrogen (secondary N) is 1. The van der Waals surface area contributed by atoms with Gasteiger partial charge in [0.25, 0.3) is 0 Å². The Balaban J connectivity index is 0.000000847. The van der Waals surface area contributed by atoms with Crippen LogP contribution in [0, 0.1) is 0 Å². The Hall–Kier alpha value is -2.06. The van der Waals surface area contributed by atoms with Gasteiger partial charge in [-0.2, -0.15) is 0 Å². The third-order valence-corrected chi connectivity index (χ3v) is 3.82. The van der Waals surface area contributed by atoms with E-state index >= 15 is 0 Å². The van der Waals surface area contributed by atoms with E-state index < -0.39 is 0 Å². The molecule has 0 bridgehead atoms. The molecule has 0 aliphatic carbocycles. The molecular formula is C20H26N2. The van der Waals surface area contributed by atoms with E-state index in [1.165, 1.54) is 16.5 Å². The maximum Gasteiger partial charge on any atom is 0.0598 e. The molecule has 3 aromatic rings. The van der Waals surface area contributed by atoms with Crippen molar-refractivity contribution in [3.8, 4) is 0 Å². The SMILES string of the molecule is CC.CNCCC(c1ccccc1)n1ccc2ccccc21. The topological polar surface area (TPSA) is 17.0 Å². The van der Waals surface area contributed by atoms with Crippen LogP contribution in [0.25, 0.3) is 10.9 Å². The Morgan fingerprint density at radius 1 is 0.909 bits per heavy atom. The van der Waals surface area contributed by atoms with Crippen molar-refractivity contribution in [2.24, 2.45) is 0 Å². The monoisotopic (exact) mass is 294 g/mol. The number of nitrogens with zero attached hydrogens (tertiary/aromatic N) is 1. The van der Waals surface area contributed by atoms with Gasteiger partial charge >= 0.3 is 0 Å². The minimum atomic E-state index is 0.378. The molecule has 1 unspecified atom stereocenters. The average molecular weight is 294 g/mol. The first kappa shape index (κ1) is 16.3. The van der Waals surface area contributed by atoms with Gasteiger partial charge < -0.3 is 9.88 Å². The lowest BCUT2D eigenvalue weighted by molar-refractivity contribution is 0.539. The molecule has 0 aliphatic heterocycles. The van der Waals surface area contributed by atoms with Gasteiger partial charge in [0.1, 0.15) is 0 Å². The van der Waals surface area contributed by atoms with E-state index in [1.54, 1.807) is 0 Å². The van der Waals surface area contributed by atoms with Gasteiger partial charge in [0.15, 0.2) is 0 Å². The zero-order valence-corrected chi connectivity index (χ0v) is 13.8. The van der Waals surface area contributed by atoms with Crippen LogP contribution in [0.3, 0.4) is 0 Å². The molecule has 1 atom stereocenters. The average Bonchev–Trinajstić information content (AvgIpc) is 3.02. The predicted molar refractivity (Wildman–Crippen MR) is 96.4 cm³/mol. The fourth-order valence-electron chi connectivity index (χ4n) is 2.80. The summed E-state index contributed by atoms with van der Waals surface area (Å²) in [5.41, 5.74) is 2.67. The predicted octanol–water partition coefficient (Wildman–Crippen LogP) is 4.87. The highest BCUT2D eigenvalue weighted by atomic mass is 15.0. The number of hydrogen-bond acceptors (Lipinski definition) is 1. The molecule has 0 saturated carbocycles. The molecule has 116 valence electrons. The third kappa shape index (κ3) is 3.58. The molecule has 0 fully saturated rings. The van der Waals surface area contributed by atoms with Gasteiger partial charge in [-0.1, -0.05) is 62.4 Å². The maximum atomic E-state index is 3.26. The summed E-state index contributed by atoms with van der Waals surface area (Å²) in [6, 6.07) is 21.9. The van der Waals surface area contributed by atoms with Crippen LogP contribution in [0.2, 0.25) is 0 Å². The molecule has 1 heterocycles. The maximum absolute atomic E-state index is 3.26. The molecule has 2 heteroatoms. The first-order chi connectivity index (χ1) is 10.9. The molecular weight excluding hydrogens is 268 g/mol. The van der Waals surface area contributed by atoms with E-state index in [9.17, 15) is 0 Å². The minimum absolute atomic E-state index is 0.378. The Morgan fingerprint density at radius 2 is 1.59 bits per heavy atom. The largest absolute Gasteiger partial charge is 0.340 e. The fourth-order valence-corrected chi connectivity index (χ4v) is 2.80. The summed E-state index contributed by atoms with van der Waals surface area (Å²) in [5, 5.41) is 4.57. The number of hydrogen-bond donors (Lipinski definition) is 1. The van der Waals surface area contributed by atoms with Gasteiger partial charge in [-0.15, -0.1) is 0 Å². The summed E-state index contributed by atoms with van der Waals surface area (Å²) in [6.07, 6.45) is 3.29. The number of rotatable bonds is 5. The van der Waals surface area contributed by atoms with Crippen molar-refractivity contribution >= 4 is 10.9 Å². The van der Waals surface area contributed by atoms with Crippen molar-refractivity contribution in [3.05, 3.63) is 72.4 Å². The lowest BCUT2D eigenvalue weighted by atomic mass is 10.0. The second-order valence-electron chi connectivity index (χ2n) is 5.10. The molecule has 2 nitrogen and oxygen atoms in total. The van der Waals surface area contributed by atoms with Gasteiger partial charge in [-0.05, 0) is 43.1 Å². The normalized spacial score (nSPS) is 11.8. The zero-order chi connectivity index (χ0) is 15.8. The molecule has 22 heavy (non-hydrogen) atoms. The fraction of sp³-hybridized carbons (Fsp3) is 0.300. The summed E-state index contributed by atoms with van der Waals surface area (Å²) in [7, 11) is 2.01. The molecule has 1 aromatic heterocycles. The number of benzene rings is 2. The number of aromatic nitrogens is 1. The van der Waals surface area contributed by atoms with Crippen molar-refractivity contribution in [3.63, 3.8) is 0 Å². The molecule has 3 rings (SSSR count). The highest BCUT2D eigenvalue weighted by Crippen LogP contribution is 2.27. The second-order valence-corrected chi connectivity index (χ2v) is 5.10. The third-order valence-electron chi connectivity index (χ3n) is 3.82. The Labute approximate surface area is 133 Å². The van der Waals surface area contributed by atoms with Crippen molar-refractivity contribution < 1.29 is 0 Å². The number of fused-ring (bicyclic) bond motifs is 1. The molecule has 0 radical (unpaired) electrons. The van der Waals surface area contributed by atoms with Crippen LogP contribution in [0.5, 0.6) is 0 Å². The first-order valence-corrected chi connectivity index (χ1v) is 8.15. The lowest BCUT2D eigenvalue weighted by Crippen LogP contribution is -2.17. The van der Waals surface area contributed by atoms with Crippen LogP contribution in [0.4, 0.5) is 0 Å². The van der Waals surface area contributed by atoms with Crippen molar-refractivity contribution in [1.29, 1.82) is 0 Å². The highest BCUT2D eigenvalue weighted by Gasteiger charge is 2.14. The molecule has 2 aromatic carbocycles. The van der Waals surface area contributed by atoms with E-state index in [2.05, 4.69) is 76.7 Å². The van der Waals surface area contributed by atoms with Crippen LogP contribution < -0.4 is 5.32 Å². The minimum Gasteiger partial charge on any atom is -0.340 e. The Bertz CT molecular complexity index is 670. The van der Waals surface area contributed by atoms with E-state index in [1.807, 2.05) is 20.9 Å². The van der Waals surface area contributed by atoms with E-state index in [-0.39, 0.29) is 0 Å². The summed E-state index contributed by atoms with van der Waals surface area (Å²) in [4.78, 5) is 0. The van der Waals surface area contributed by atoms with Crippen LogP contribution in [-0.4, -0.2) is 18.2 Å². The zero-order valence-electron chi connectivity index (χ0n) is 13.8. The van der Waals surface area contributed by atoms with Crippen molar-refractivity contribution in [1.82, 2.24) is 9.88 Å². The number of para-hydroxylation sites is 1. The van der Waals surface area contributed by atoms with Crippen molar-refractivity contribution in [2.75, 3.05) is 13.6 Å². The summed E-state index contributed by atoms with van der Waals surface area (Å²) in [6.45, 7) is 5.01. The van der Waals surface area contributed by atoms with Gasteiger partial charge in [0.05, 0.1) is 6.04 Å². The van der Waals surface area contributed by atoms with Crippen LogP contribution in [0.1, 0.15) is 31.9 Å². The summed E-state index contributed by atoms with van der Waals surface area (Å²) < 4.78 is 2.39. The Kier molecular flexibility index (Phi) is 6.23. The van der Waals surface area contributed by atoms with Crippen molar-refractivity contribution in [2.45, 2.75) is 26.3 Å². The van der Waals surface area contributed by atoms with E-state index in [0.29, 0.717) is 6.04 Å². The standard InChI is InChI=1S/C18H20N2.C2H6/c1-19-13-11-18(15-7-3-2-4-8-15)20-14-12-16-9-5-6-10-17(16)20;1-2/h2-10,12,14,18-19H,11,13H2,1H3;1-2H3. The van der Waals surface area contributed by atoms with Crippen LogP contribution in [-0.2, 0) is 0 Å². The van der Waals surface area contributed by atoms with E-state index in [4.69, 9.17) is 0 Å². The summed E-state index contributed by atoms with van der Waals surface area (Å²) >= 11 is 0. The van der Waals surface area contributed by atoms with Gasteiger partial charge in [0, 0.05) is 11.7 Å². The Morgan fingerprint density at radius 3 is 2.32 bits per heavy atom. The molecule has 0 spiro atoms.